The van der Waals surface area contributed by atoms with Crippen molar-refractivity contribution in [3.05, 3.63) is 52.8 Å². The number of nitrogen functional groups attached to an aromatic ring is 1. The molecule has 2 aromatic carbocycles. The van der Waals surface area contributed by atoms with Crippen LogP contribution >= 0.6 is 0 Å². The van der Waals surface area contributed by atoms with E-state index in [1.807, 2.05) is 6.07 Å². The molecule has 5 heteroatoms. The summed E-state index contributed by atoms with van der Waals surface area (Å²) in [5.74, 6) is 0.902. The van der Waals surface area contributed by atoms with Gasteiger partial charge in [-0.05, 0) is 61.1 Å². The molecule has 0 fully saturated rings. The topological polar surface area (TPSA) is 74.7 Å². The van der Waals surface area contributed by atoms with E-state index in [1.54, 1.807) is 25.3 Å². The second-order valence-electron chi connectivity index (χ2n) is 6.56. The lowest BCUT2D eigenvalue weighted by Crippen LogP contribution is -2.05. The van der Waals surface area contributed by atoms with Gasteiger partial charge < -0.3 is 19.6 Å². The Morgan fingerprint density at radius 2 is 1.77 bits per heavy atom. The number of carbonyl (C=O) groups is 1. The average molecular weight is 351 g/mol. The van der Waals surface area contributed by atoms with Crippen molar-refractivity contribution in [3.63, 3.8) is 0 Å². The van der Waals surface area contributed by atoms with Gasteiger partial charge in [-0.1, -0.05) is 0 Å². The maximum Gasteiger partial charge on any atom is 0.234 e. The van der Waals surface area contributed by atoms with Crippen molar-refractivity contribution in [3.8, 4) is 11.5 Å². The average Bonchev–Trinajstić information content (AvgIpc) is 3.00. The number of methoxy groups -OCH3 is 2. The van der Waals surface area contributed by atoms with Gasteiger partial charge in [0.2, 0.25) is 5.78 Å². The van der Waals surface area contributed by atoms with Gasteiger partial charge in [0.1, 0.15) is 17.1 Å². The predicted octanol–water partition coefficient (Wildman–Crippen LogP) is 4.14. The molecule has 1 aromatic heterocycles. The molecule has 5 nitrogen and oxygen atoms in total. The fraction of sp³-hybridized carbons (Fsp3) is 0.286. The molecule has 1 aliphatic rings. The van der Waals surface area contributed by atoms with E-state index in [-0.39, 0.29) is 11.5 Å². The summed E-state index contributed by atoms with van der Waals surface area (Å²) in [6.45, 7) is 0. The van der Waals surface area contributed by atoms with Crippen molar-refractivity contribution in [2.45, 2.75) is 25.7 Å². The van der Waals surface area contributed by atoms with E-state index in [1.165, 1.54) is 31.1 Å². The molecule has 0 radical (unpaired) electrons. The molecular formula is C21H21NO4. The smallest absolute Gasteiger partial charge is 0.234 e. The van der Waals surface area contributed by atoms with Gasteiger partial charge >= 0.3 is 0 Å². The van der Waals surface area contributed by atoms with Gasteiger partial charge in [-0.15, -0.1) is 0 Å². The first-order chi connectivity index (χ1) is 12.6. The molecular weight excluding hydrogens is 330 g/mol. The maximum absolute atomic E-state index is 13.0. The lowest BCUT2D eigenvalue weighted by molar-refractivity contribution is 0.101. The lowest BCUT2D eigenvalue weighted by atomic mass is 9.90. The quantitative estimate of drug-likeness (QED) is 0.715. The van der Waals surface area contributed by atoms with E-state index >= 15 is 0 Å². The van der Waals surface area contributed by atoms with Crippen LogP contribution in [0, 0.1) is 0 Å². The molecule has 0 saturated carbocycles. The Kier molecular flexibility index (Phi) is 4.07. The van der Waals surface area contributed by atoms with Crippen molar-refractivity contribution >= 4 is 22.4 Å². The Morgan fingerprint density at radius 1 is 1.04 bits per heavy atom. The second kappa shape index (κ2) is 6.41. The van der Waals surface area contributed by atoms with Crippen LogP contribution in [0.5, 0.6) is 11.5 Å². The summed E-state index contributed by atoms with van der Waals surface area (Å²) in [6.07, 6.45) is 4.46. The first-order valence-electron chi connectivity index (χ1n) is 8.73. The summed E-state index contributed by atoms with van der Waals surface area (Å²) in [7, 11) is 3.08. The molecule has 0 unspecified atom stereocenters. The van der Waals surface area contributed by atoms with Crippen LogP contribution in [0.25, 0.3) is 11.0 Å². The van der Waals surface area contributed by atoms with Crippen molar-refractivity contribution in [1.29, 1.82) is 0 Å². The number of aryl methyl sites for hydroxylation is 2. The highest BCUT2D eigenvalue weighted by atomic mass is 16.5. The summed E-state index contributed by atoms with van der Waals surface area (Å²) in [4.78, 5) is 13.0. The molecule has 4 rings (SSSR count). The van der Waals surface area contributed by atoms with E-state index < -0.39 is 0 Å². The van der Waals surface area contributed by atoms with Crippen LogP contribution in [0.1, 0.15) is 40.1 Å². The molecule has 0 atom stereocenters. The molecule has 26 heavy (non-hydrogen) atoms. The highest BCUT2D eigenvalue weighted by Crippen LogP contribution is 2.36. The molecule has 2 N–H and O–H groups in total. The molecule has 1 heterocycles. The van der Waals surface area contributed by atoms with Crippen LogP contribution in [-0.2, 0) is 12.8 Å². The van der Waals surface area contributed by atoms with Gasteiger partial charge in [0, 0.05) is 11.5 Å². The van der Waals surface area contributed by atoms with Gasteiger partial charge in [0.15, 0.2) is 5.76 Å². The van der Waals surface area contributed by atoms with Crippen LogP contribution < -0.4 is 15.2 Å². The fourth-order valence-electron chi connectivity index (χ4n) is 3.62. The maximum atomic E-state index is 13.0. The summed E-state index contributed by atoms with van der Waals surface area (Å²) in [6, 6.07) is 9.16. The Labute approximate surface area is 151 Å². The standard InChI is InChI=1S/C21H21NO4/c1-24-14-7-8-15(17(11-14)25-2)20(23)21-19(22)16-9-12-5-3-4-6-13(12)10-18(16)26-21/h7-11H,3-6,22H2,1-2H3. The van der Waals surface area contributed by atoms with Crippen molar-refractivity contribution in [2.75, 3.05) is 20.0 Å². The number of benzene rings is 2. The zero-order chi connectivity index (χ0) is 18.3. The summed E-state index contributed by atoms with van der Waals surface area (Å²) >= 11 is 0. The molecule has 0 saturated heterocycles. The largest absolute Gasteiger partial charge is 0.497 e. The number of hydrogen-bond acceptors (Lipinski definition) is 5. The minimum Gasteiger partial charge on any atom is -0.497 e. The monoisotopic (exact) mass is 351 g/mol. The minimum absolute atomic E-state index is 0.158. The fourth-order valence-corrected chi connectivity index (χ4v) is 3.62. The molecule has 0 spiro atoms. The Morgan fingerprint density at radius 3 is 2.46 bits per heavy atom. The first-order valence-corrected chi connectivity index (χ1v) is 8.73. The van der Waals surface area contributed by atoms with Crippen LogP contribution in [0.4, 0.5) is 5.69 Å². The zero-order valence-electron chi connectivity index (χ0n) is 14.9. The number of nitrogens with two attached hydrogens (primary N) is 1. The summed E-state index contributed by atoms with van der Waals surface area (Å²) in [5.41, 5.74) is 10.3. The zero-order valence-corrected chi connectivity index (χ0v) is 14.9. The van der Waals surface area contributed by atoms with E-state index in [9.17, 15) is 4.79 Å². The van der Waals surface area contributed by atoms with E-state index in [0.717, 1.165) is 18.2 Å². The normalized spacial score (nSPS) is 13.5. The second-order valence-corrected chi connectivity index (χ2v) is 6.56. The highest BCUT2D eigenvalue weighted by Gasteiger charge is 2.24. The van der Waals surface area contributed by atoms with Crippen LogP contribution in [0.2, 0.25) is 0 Å². The molecule has 1 aliphatic carbocycles. The summed E-state index contributed by atoms with van der Waals surface area (Å²) in [5, 5.41) is 0.807. The Balaban J connectivity index is 1.81. The van der Waals surface area contributed by atoms with E-state index in [4.69, 9.17) is 19.6 Å². The van der Waals surface area contributed by atoms with Gasteiger partial charge in [0.25, 0.3) is 0 Å². The van der Waals surface area contributed by atoms with Gasteiger partial charge in [-0.3, -0.25) is 4.79 Å². The van der Waals surface area contributed by atoms with Gasteiger partial charge in [-0.25, -0.2) is 0 Å². The van der Waals surface area contributed by atoms with Crippen molar-refractivity contribution < 1.29 is 18.7 Å². The number of carbonyl (C=O) groups excluding carboxylic acids is 1. The first kappa shape index (κ1) is 16.5. The molecule has 0 amide bonds. The number of fused-ring (bicyclic) bond motifs is 2. The Bertz CT molecular complexity index is 1000. The van der Waals surface area contributed by atoms with Crippen LogP contribution in [0.15, 0.2) is 34.7 Å². The van der Waals surface area contributed by atoms with Crippen molar-refractivity contribution in [2.24, 2.45) is 0 Å². The summed E-state index contributed by atoms with van der Waals surface area (Å²) < 4.78 is 16.4. The van der Waals surface area contributed by atoms with Gasteiger partial charge in [0.05, 0.1) is 25.5 Å². The highest BCUT2D eigenvalue weighted by molar-refractivity contribution is 6.15. The number of ether oxygens (including phenoxy) is 2. The Hall–Kier alpha value is -2.95. The number of hydrogen-bond donors (Lipinski definition) is 1. The van der Waals surface area contributed by atoms with Crippen LogP contribution in [-0.4, -0.2) is 20.0 Å². The van der Waals surface area contributed by atoms with Crippen LogP contribution in [0.3, 0.4) is 0 Å². The number of rotatable bonds is 4. The van der Waals surface area contributed by atoms with Crippen molar-refractivity contribution in [1.82, 2.24) is 0 Å². The third-order valence-electron chi connectivity index (χ3n) is 5.05. The molecule has 3 aromatic rings. The number of furan rings is 1. The molecule has 134 valence electrons. The van der Waals surface area contributed by atoms with Gasteiger partial charge in [-0.2, -0.15) is 0 Å². The third kappa shape index (κ3) is 2.60. The minimum atomic E-state index is -0.295. The van der Waals surface area contributed by atoms with E-state index in [0.29, 0.717) is 28.3 Å². The predicted molar refractivity (Wildman–Crippen MR) is 100 cm³/mol. The number of ketones is 1. The SMILES string of the molecule is COc1ccc(C(=O)c2oc3cc4c(cc3c2N)CCCC4)c(OC)c1. The molecule has 0 bridgehead atoms. The molecule has 0 aliphatic heterocycles. The number of anilines is 1. The lowest BCUT2D eigenvalue weighted by Gasteiger charge is -2.14. The third-order valence-corrected chi connectivity index (χ3v) is 5.05. The van der Waals surface area contributed by atoms with E-state index in [2.05, 4.69) is 6.07 Å².